The maximum Gasteiger partial charge on any atom is 0.231 e. The summed E-state index contributed by atoms with van der Waals surface area (Å²) < 4.78 is 0. The van der Waals surface area contributed by atoms with E-state index in [2.05, 4.69) is 15.0 Å². The van der Waals surface area contributed by atoms with Crippen LogP contribution in [0.2, 0.25) is 5.28 Å². The van der Waals surface area contributed by atoms with Gasteiger partial charge in [0.25, 0.3) is 0 Å². The van der Waals surface area contributed by atoms with Gasteiger partial charge in [0.1, 0.15) is 0 Å². The number of hydrogen-bond donors (Lipinski definition) is 1. The molecule has 2 heterocycles. The minimum Gasteiger partial charge on any atom is -0.369 e. The van der Waals surface area contributed by atoms with Gasteiger partial charge in [-0.25, -0.2) is 0 Å². The van der Waals surface area contributed by atoms with Gasteiger partial charge < -0.3 is 15.5 Å². The maximum absolute atomic E-state index is 11.4. The first-order valence-corrected chi connectivity index (χ1v) is 7.63. The monoisotopic (exact) mass is 312 g/mol. The van der Waals surface area contributed by atoms with Crippen molar-refractivity contribution in [3.05, 3.63) is 5.28 Å². The lowest BCUT2D eigenvalue weighted by Crippen LogP contribution is -2.42. The van der Waals surface area contributed by atoms with E-state index in [0.717, 1.165) is 32.5 Å². The van der Waals surface area contributed by atoms with Crippen LogP contribution in [-0.4, -0.2) is 47.0 Å². The summed E-state index contributed by atoms with van der Waals surface area (Å²) >= 11 is 6.02. The van der Waals surface area contributed by atoms with Gasteiger partial charge in [-0.2, -0.15) is 15.0 Å². The van der Waals surface area contributed by atoms with Crippen LogP contribution in [0.5, 0.6) is 0 Å². The van der Waals surface area contributed by atoms with Crippen molar-refractivity contribution in [1.29, 1.82) is 0 Å². The molecule has 0 aromatic carbocycles. The molecule has 1 atom stereocenters. The molecule has 116 valence electrons. The third-order valence-electron chi connectivity index (χ3n) is 3.74. The van der Waals surface area contributed by atoms with Gasteiger partial charge in [-0.3, -0.25) is 4.79 Å². The molecule has 8 heteroatoms. The molecule has 7 nitrogen and oxygen atoms in total. The van der Waals surface area contributed by atoms with Gasteiger partial charge in [0.05, 0.1) is 5.92 Å². The molecular weight excluding hydrogens is 292 g/mol. The first-order valence-electron chi connectivity index (χ1n) is 7.25. The molecule has 0 aliphatic carbocycles. The smallest absolute Gasteiger partial charge is 0.231 e. The van der Waals surface area contributed by atoms with Crippen LogP contribution in [-0.2, 0) is 4.79 Å². The van der Waals surface area contributed by atoms with Crippen molar-refractivity contribution in [3.8, 4) is 0 Å². The summed E-state index contributed by atoms with van der Waals surface area (Å²) in [6.07, 6.45) is 1.70. The van der Waals surface area contributed by atoms with E-state index < -0.39 is 0 Å². The van der Waals surface area contributed by atoms with Gasteiger partial charge in [0.15, 0.2) is 0 Å². The van der Waals surface area contributed by atoms with Crippen LogP contribution >= 0.6 is 11.6 Å². The molecule has 1 aliphatic rings. The number of anilines is 2. The molecule has 2 rings (SSSR count). The third-order valence-corrected chi connectivity index (χ3v) is 3.91. The second kappa shape index (κ2) is 6.89. The van der Waals surface area contributed by atoms with Gasteiger partial charge in [-0.15, -0.1) is 0 Å². The van der Waals surface area contributed by atoms with Crippen molar-refractivity contribution in [2.75, 3.05) is 36.0 Å². The van der Waals surface area contributed by atoms with Crippen molar-refractivity contribution in [3.63, 3.8) is 0 Å². The number of amides is 1. The average Bonchev–Trinajstić information content (AvgIpc) is 2.48. The fourth-order valence-electron chi connectivity index (χ4n) is 2.51. The Morgan fingerprint density at radius 1 is 1.38 bits per heavy atom. The number of primary amides is 1. The molecule has 0 bridgehead atoms. The van der Waals surface area contributed by atoms with Crippen molar-refractivity contribution in [2.45, 2.75) is 26.7 Å². The van der Waals surface area contributed by atoms with Gasteiger partial charge in [0.2, 0.25) is 23.1 Å². The molecule has 1 aromatic rings. The fourth-order valence-corrected chi connectivity index (χ4v) is 2.66. The summed E-state index contributed by atoms with van der Waals surface area (Å²) in [7, 11) is 0. The predicted molar refractivity (Wildman–Crippen MR) is 82.5 cm³/mol. The number of carbonyl (C=O) groups excluding carboxylic acids is 1. The highest BCUT2D eigenvalue weighted by Gasteiger charge is 2.26. The molecule has 1 aromatic heterocycles. The number of hydrogen-bond acceptors (Lipinski definition) is 6. The minimum atomic E-state index is -0.274. The molecule has 2 N–H and O–H groups in total. The zero-order valence-electron chi connectivity index (χ0n) is 12.4. The number of piperidine rings is 1. The van der Waals surface area contributed by atoms with Crippen LogP contribution in [0, 0.1) is 5.92 Å². The number of halogens is 1. The fraction of sp³-hybridized carbons (Fsp3) is 0.692. The highest BCUT2D eigenvalue weighted by Crippen LogP contribution is 2.22. The second-order valence-corrected chi connectivity index (χ2v) is 5.40. The van der Waals surface area contributed by atoms with Gasteiger partial charge in [-0.05, 0) is 38.3 Å². The van der Waals surface area contributed by atoms with Crippen molar-refractivity contribution >= 4 is 29.4 Å². The number of nitrogens with two attached hydrogens (primary N) is 1. The lowest BCUT2D eigenvalue weighted by Gasteiger charge is -2.31. The van der Waals surface area contributed by atoms with Gasteiger partial charge in [-0.1, -0.05) is 0 Å². The summed E-state index contributed by atoms with van der Waals surface area (Å²) in [6.45, 7) is 6.98. The zero-order valence-corrected chi connectivity index (χ0v) is 13.2. The Bertz CT molecular complexity index is 507. The van der Waals surface area contributed by atoms with E-state index in [1.807, 2.05) is 23.6 Å². The second-order valence-electron chi connectivity index (χ2n) is 5.06. The van der Waals surface area contributed by atoms with Crippen LogP contribution in [0.1, 0.15) is 26.7 Å². The Hall–Kier alpha value is -1.63. The van der Waals surface area contributed by atoms with Crippen LogP contribution in [0.4, 0.5) is 11.9 Å². The van der Waals surface area contributed by atoms with E-state index in [-0.39, 0.29) is 17.1 Å². The molecule has 1 saturated heterocycles. The minimum absolute atomic E-state index is 0.161. The van der Waals surface area contributed by atoms with Crippen LogP contribution in [0.3, 0.4) is 0 Å². The standard InChI is InChI=1S/C13H21ClN6O/c1-3-19(4-2)12-16-11(14)17-13(18-12)20-7-5-6-9(8-20)10(15)21/h9H,3-8H2,1-2H3,(H2,15,21). The normalized spacial score (nSPS) is 18.6. The molecule has 1 aliphatic heterocycles. The Morgan fingerprint density at radius 2 is 2.10 bits per heavy atom. The summed E-state index contributed by atoms with van der Waals surface area (Å²) in [4.78, 5) is 28.2. The maximum atomic E-state index is 11.4. The Kier molecular flexibility index (Phi) is 5.17. The number of carbonyl (C=O) groups is 1. The predicted octanol–water partition coefficient (Wildman–Crippen LogP) is 1.07. The third kappa shape index (κ3) is 3.72. The average molecular weight is 313 g/mol. The first-order chi connectivity index (χ1) is 10.0. The molecule has 1 amide bonds. The molecule has 0 saturated carbocycles. The van der Waals surface area contributed by atoms with Crippen LogP contribution in [0.15, 0.2) is 0 Å². The Morgan fingerprint density at radius 3 is 2.71 bits per heavy atom. The van der Waals surface area contributed by atoms with E-state index in [4.69, 9.17) is 17.3 Å². The van der Waals surface area contributed by atoms with Gasteiger partial charge >= 0.3 is 0 Å². The van der Waals surface area contributed by atoms with E-state index in [0.29, 0.717) is 18.4 Å². The molecule has 0 spiro atoms. The lowest BCUT2D eigenvalue weighted by atomic mass is 9.98. The van der Waals surface area contributed by atoms with Crippen molar-refractivity contribution < 1.29 is 4.79 Å². The van der Waals surface area contributed by atoms with Crippen molar-refractivity contribution in [2.24, 2.45) is 11.7 Å². The summed E-state index contributed by atoms with van der Waals surface area (Å²) in [5.41, 5.74) is 5.41. The summed E-state index contributed by atoms with van der Waals surface area (Å²) in [6, 6.07) is 0. The van der Waals surface area contributed by atoms with Crippen LogP contribution in [0.25, 0.3) is 0 Å². The van der Waals surface area contributed by atoms with E-state index in [9.17, 15) is 4.79 Å². The molecule has 1 unspecified atom stereocenters. The van der Waals surface area contributed by atoms with Crippen LogP contribution < -0.4 is 15.5 Å². The lowest BCUT2D eigenvalue weighted by molar-refractivity contribution is -0.122. The number of aromatic nitrogens is 3. The zero-order chi connectivity index (χ0) is 15.4. The molecule has 21 heavy (non-hydrogen) atoms. The largest absolute Gasteiger partial charge is 0.369 e. The quantitative estimate of drug-likeness (QED) is 0.875. The summed E-state index contributed by atoms with van der Waals surface area (Å²) in [5, 5.41) is 0.170. The van der Waals surface area contributed by atoms with Gasteiger partial charge in [0, 0.05) is 26.2 Å². The SMILES string of the molecule is CCN(CC)c1nc(Cl)nc(N2CCCC(C(N)=O)C2)n1. The highest BCUT2D eigenvalue weighted by atomic mass is 35.5. The topological polar surface area (TPSA) is 88.2 Å². The first kappa shape index (κ1) is 15.8. The Labute approximate surface area is 129 Å². The number of nitrogens with zero attached hydrogens (tertiary/aromatic N) is 5. The van der Waals surface area contributed by atoms with E-state index in [1.165, 1.54) is 0 Å². The van der Waals surface area contributed by atoms with E-state index >= 15 is 0 Å². The molecule has 1 fully saturated rings. The highest BCUT2D eigenvalue weighted by molar-refractivity contribution is 6.28. The Balaban J connectivity index is 2.24. The number of rotatable bonds is 5. The van der Waals surface area contributed by atoms with E-state index in [1.54, 1.807) is 0 Å². The van der Waals surface area contributed by atoms with Crippen molar-refractivity contribution in [1.82, 2.24) is 15.0 Å². The molecular formula is C13H21ClN6O. The molecule has 0 radical (unpaired) electrons. The summed E-state index contributed by atoms with van der Waals surface area (Å²) in [5.74, 6) is 0.647.